The number of aromatic nitrogens is 1. The zero-order valence-corrected chi connectivity index (χ0v) is 8.51. The highest BCUT2D eigenvalue weighted by molar-refractivity contribution is 5.84. The van der Waals surface area contributed by atoms with Crippen LogP contribution in [0.4, 0.5) is 4.39 Å². The van der Waals surface area contributed by atoms with E-state index < -0.39 is 0 Å². The van der Waals surface area contributed by atoms with Crippen molar-refractivity contribution >= 4 is 17.2 Å². The van der Waals surface area contributed by atoms with Crippen molar-refractivity contribution in [2.45, 2.75) is 19.8 Å². The van der Waals surface area contributed by atoms with Crippen molar-refractivity contribution in [3.05, 3.63) is 35.3 Å². The van der Waals surface area contributed by atoms with Crippen LogP contribution in [0.25, 0.3) is 10.9 Å². The number of benzene rings is 1. The van der Waals surface area contributed by atoms with Gasteiger partial charge in [-0.2, -0.15) is 0 Å². The molecular formula is C12H12FNO. The average molecular weight is 205 g/mol. The molecule has 2 rings (SSSR count). The van der Waals surface area contributed by atoms with Crippen LogP contribution in [0.2, 0.25) is 0 Å². The maximum Gasteiger partial charge on any atom is 0.147 e. The lowest BCUT2D eigenvalue weighted by atomic mass is 10.1. The quantitative estimate of drug-likeness (QED) is 0.768. The Morgan fingerprint density at radius 2 is 2.27 bits per heavy atom. The predicted molar refractivity (Wildman–Crippen MR) is 57.4 cm³/mol. The Bertz CT molecular complexity index is 502. The highest BCUT2D eigenvalue weighted by atomic mass is 19.1. The minimum Gasteiger partial charge on any atom is -0.359 e. The lowest BCUT2D eigenvalue weighted by Crippen LogP contribution is -1.89. The lowest BCUT2D eigenvalue weighted by molar-refractivity contribution is -0.107. The molecule has 0 bridgehead atoms. The second-order valence-corrected chi connectivity index (χ2v) is 3.68. The molecule has 0 atom stereocenters. The van der Waals surface area contributed by atoms with E-state index in [-0.39, 0.29) is 5.82 Å². The molecule has 78 valence electrons. The van der Waals surface area contributed by atoms with Gasteiger partial charge < -0.3 is 9.78 Å². The van der Waals surface area contributed by atoms with E-state index in [1.54, 1.807) is 6.20 Å². The summed E-state index contributed by atoms with van der Waals surface area (Å²) in [4.78, 5) is 13.1. The number of aromatic amines is 1. The lowest BCUT2D eigenvalue weighted by Gasteiger charge is -2.00. The Hall–Kier alpha value is -1.64. The molecule has 0 saturated heterocycles. The van der Waals surface area contributed by atoms with Crippen molar-refractivity contribution in [2.24, 2.45) is 0 Å². The van der Waals surface area contributed by atoms with Gasteiger partial charge in [-0.25, -0.2) is 4.39 Å². The van der Waals surface area contributed by atoms with Gasteiger partial charge in [-0.1, -0.05) is 0 Å². The zero-order valence-electron chi connectivity index (χ0n) is 8.51. The molecule has 2 nitrogen and oxygen atoms in total. The summed E-state index contributed by atoms with van der Waals surface area (Å²) in [7, 11) is 0. The summed E-state index contributed by atoms with van der Waals surface area (Å²) in [5.74, 6) is -0.249. The molecule has 15 heavy (non-hydrogen) atoms. The summed E-state index contributed by atoms with van der Waals surface area (Å²) in [6.45, 7) is 1.93. The van der Waals surface area contributed by atoms with E-state index in [0.717, 1.165) is 22.8 Å². The normalized spacial score (nSPS) is 10.8. The number of halogens is 1. The highest BCUT2D eigenvalue weighted by Crippen LogP contribution is 2.22. The Kier molecular flexibility index (Phi) is 2.54. The fraction of sp³-hybridized carbons (Fsp3) is 0.250. The van der Waals surface area contributed by atoms with Crippen molar-refractivity contribution in [1.29, 1.82) is 0 Å². The van der Waals surface area contributed by atoms with Crippen molar-refractivity contribution in [1.82, 2.24) is 4.98 Å². The molecule has 0 radical (unpaired) electrons. The van der Waals surface area contributed by atoms with Gasteiger partial charge in [0.1, 0.15) is 12.1 Å². The number of nitrogens with one attached hydrogen (secondary N) is 1. The summed E-state index contributed by atoms with van der Waals surface area (Å²) >= 11 is 0. The number of carbonyl (C=O) groups is 1. The van der Waals surface area contributed by atoms with Crippen LogP contribution in [0, 0.1) is 12.7 Å². The Balaban J connectivity index is 2.50. The molecule has 0 fully saturated rings. The summed E-state index contributed by atoms with van der Waals surface area (Å²) in [6.07, 6.45) is 3.68. The molecule has 2 aromatic rings. The van der Waals surface area contributed by atoms with Gasteiger partial charge in [-0.05, 0) is 36.6 Å². The van der Waals surface area contributed by atoms with Crippen LogP contribution in [0.1, 0.15) is 17.5 Å². The first-order chi connectivity index (χ1) is 7.22. The van der Waals surface area contributed by atoms with E-state index in [0.29, 0.717) is 18.4 Å². The number of H-pyrrole nitrogens is 1. The molecule has 0 unspecified atom stereocenters. The minimum absolute atomic E-state index is 0.249. The van der Waals surface area contributed by atoms with Gasteiger partial charge in [0.25, 0.3) is 0 Å². The molecule has 0 aliphatic rings. The number of fused-ring (bicyclic) bond motifs is 1. The third-order valence-corrected chi connectivity index (χ3v) is 2.56. The van der Waals surface area contributed by atoms with E-state index >= 15 is 0 Å². The summed E-state index contributed by atoms with van der Waals surface area (Å²) in [5, 5.41) is 0.899. The number of aryl methyl sites for hydroxylation is 2. The van der Waals surface area contributed by atoms with Gasteiger partial charge in [0.05, 0.1) is 5.52 Å². The van der Waals surface area contributed by atoms with Crippen molar-refractivity contribution in [2.75, 3.05) is 0 Å². The number of carbonyl (C=O) groups excluding carboxylic acids is 1. The Morgan fingerprint density at radius 3 is 3.00 bits per heavy atom. The topological polar surface area (TPSA) is 32.9 Å². The van der Waals surface area contributed by atoms with E-state index in [9.17, 15) is 9.18 Å². The standard InChI is InChI=1S/C12H12FNO/c1-8-7-14-12-10(8)5-9(3-2-4-15)6-11(12)13/h4-7,14H,2-3H2,1H3. The molecule has 0 aliphatic heterocycles. The second kappa shape index (κ2) is 3.85. The third-order valence-electron chi connectivity index (χ3n) is 2.56. The molecule has 0 aliphatic carbocycles. The van der Waals surface area contributed by atoms with Crippen LogP contribution in [0.15, 0.2) is 18.3 Å². The Morgan fingerprint density at radius 1 is 1.47 bits per heavy atom. The number of aldehydes is 1. The molecule has 0 spiro atoms. The number of hydrogen-bond acceptors (Lipinski definition) is 1. The van der Waals surface area contributed by atoms with Gasteiger partial charge in [0.15, 0.2) is 0 Å². The molecule has 3 heteroatoms. The summed E-state index contributed by atoms with van der Waals surface area (Å²) in [5.41, 5.74) is 2.44. The van der Waals surface area contributed by atoms with Crippen molar-refractivity contribution < 1.29 is 9.18 Å². The van der Waals surface area contributed by atoms with E-state index in [1.165, 1.54) is 6.07 Å². The smallest absolute Gasteiger partial charge is 0.147 e. The van der Waals surface area contributed by atoms with Gasteiger partial charge in [-0.15, -0.1) is 0 Å². The molecular weight excluding hydrogens is 193 g/mol. The van der Waals surface area contributed by atoms with E-state index in [1.807, 2.05) is 13.0 Å². The van der Waals surface area contributed by atoms with Crippen LogP contribution >= 0.6 is 0 Å². The third kappa shape index (κ3) is 1.77. The molecule has 1 heterocycles. The number of rotatable bonds is 3. The van der Waals surface area contributed by atoms with E-state index in [4.69, 9.17) is 0 Å². The highest BCUT2D eigenvalue weighted by Gasteiger charge is 2.07. The van der Waals surface area contributed by atoms with Crippen LogP contribution in [0.3, 0.4) is 0 Å². The number of hydrogen-bond donors (Lipinski definition) is 1. The van der Waals surface area contributed by atoms with Gasteiger partial charge >= 0.3 is 0 Å². The SMILES string of the molecule is Cc1c[nH]c2c(F)cc(CCC=O)cc12. The fourth-order valence-corrected chi connectivity index (χ4v) is 1.75. The maximum absolute atomic E-state index is 13.6. The minimum atomic E-state index is -0.249. The van der Waals surface area contributed by atoms with Crippen LogP contribution in [0.5, 0.6) is 0 Å². The monoisotopic (exact) mass is 205 g/mol. The maximum atomic E-state index is 13.6. The van der Waals surface area contributed by atoms with Crippen molar-refractivity contribution in [3.63, 3.8) is 0 Å². The molecule has 1 aromatic heterocycles. The summed E-state index contributed by atoms with van der Waals surface area (Å²) < 4.78 is 13.6. The van der Waals surface area contributed by atoms with Crippen LogP contribution in [-0.4, -0.2) is 11.3 Å². The van der Waals surface area contributed by atoms with Crippen LogP contribution < -0.4 is 0 Å². The van der Waals surface area contributed by atoms with Gasteiger partial charge in [0, 0.05) is 18.0 Å². The molecule has 1 N–H and O–H groups in total. The summed E-state index contributed by atoms with van der Waals surface area (Å²) in [6, 6.07) is 3.43. The Labute approximate surface area is 87.1 Å². The van der Waals surface area contributed by atoms with Gasteiger partial charge in [0.2, 0.25) is 0 Å². The fourth-order valence-electron chi connectivity index (χ4n) is 1.75. The van der Waals surface area contributed by atoms with Gasteiger partial charge in [-0.3, -0.25) is 0 Å². The van der Waals surface area contributed by atoms with Crippen LogP contribution in [-0.2, 0) is 11.2 Å². The van der Waals surface area contributed by atoms with E-state index in [2.05, 4.69) is 4.98 Å². The molecule has 0 saturated carbocycles. The zero-order chi connectivity index (χ0) is 10.8. The predicted octanol–water partition coefficient (Wildman–Crippen LogP) is 2.75. The second-order valence-electron chi connectivity index (χ2n) is 3.68. The first-order valence-electron chi connectivity index (χ1n) is 4.92. The average Bonchev–Trinajstić information content (AvgIpc) is 2.58. The molecule has 0 amide bonds. The first-order valence-corrected chi connectivity index (χ1v) is 4.92. The largest absolute Gasteiger partial charge is 0.359 e. The molecule has 1 aromatic carbocycles. The van der Waals surface area contributed by atoms with Crippen molar-refractivity contribution in [3.8, 4) is 0 Å². The first kappa shape index (κ1) is 9.90.